The fraction of sp³-hybridized carbons (Fsp3) is 0.700. The van der Waals surface area contributed by atoms with E-state index in [-0.39, 0.29) is 0 Å². The Morgan fingerprint density at radius 2 is 2.29 bits per heavy atom. The number of rotatable bonds is 3. The number of hydrogen-bond acceptors (Lipinski definition) is 4. The molecule has 0 aromatic carbocycles. The Labute approximate surface area is 88.2 Å². The van der Waals surface area contributed by atoms with Crippen LogP contribution >= 0.6 is 11.8 Å². The molecule has 0 atom stereocenters. The monoisotopic (exact) mass is 213 g/mol. The van der Waals surface area contributed by atoms with Gasteiger partial charge in [0.2, 0.25) is 0 Å². The molecule has 0 bridgehead atoms. The van der Waals surface area contributed by atoms with E-state index in [1.54, 1.807) is 0 Å². The van der Waals surface area contributed by atoms with E-state index in [2.05, 4.69) is 5.16 Å². The van der Waals surface area contributed by atoms with Gasteiger partial charge in [-0.3, -0.25) is 0 Å². The summed E-state index contributed by atoms with van der Waals surface area (Å²) in [5.74, 6) is 1.86. The van der Waals surface area contributed by atoms with Crippen molar-refractivity contribution >= 4 is 11.8 Å². The second-order valence-corrected chi connectivity index (χ2v) is 4.84. The largest absolute Gasteiger partial charge is 0.381 e. The number of thioether (sulfide) groups is 1. The minimum absolute atomic E-state index is 0.737. The molecule has 0 amide bonds. The highest BCUT2D eigenvalue weighted by atomic mass is 32.2. The third-order valence-corrected chi connectivity index (χ3v) is 3.72. The molecule has 2 rings (SSSR count). The summed E-state index contributed by atoms with van der Waals surface area (Å²) in [6.45, 7) is 3.75. The molecule has 1 fully saturated rings. The van der Waals surface area contributed by atoms with Crippen LogP contribution in [0.1, 0.15) is 24.3 Å². The predicted octanol–water partition coefficient (Wildman–Crippen LogP) is 2.40. The Morgan fingerprint density at radius 1 is 1.50 bits per heavy atom. The van der Waals surface area contributed by atoms with Crippen LogP contribution in [0.4, 0.5) is 0 Å². The molecule has 3 nitrogen and oxygen atoms in total. The van der Waals surface area contributed by atoms with Crippen molar-refractivity contribution in [3.8, 4) is 0 Å². The Bertz CT molecular complexity index is 281. The first-order chi connectivity index (χ1) is 6.84. The molecule has 1 saturated heterocycles. The smallest absolute Gasteiger partial charge is 0.133 e. The lowest BCUT2D eigenvalue weighted by molar-refractivity contribution is 0.1000. The van der Waals surface area contributed by atoms with Crippen LogP contribution in [-0.2, 0) is 10.5 Å². The molecule has 14 heavy (non-hydrogen) atoms. The van der Waals surface area contributed by atoms with Crippen molar-refractivity contribution in [2.75, 3.05) is 13.2 Å². The van der Waals surface area contributed by atoms with E-state index in [4.69, 9.17) is 9.26 Å². The van der Waals surface area contributed by atoms with Gasteiger partial charge in [0.1, 0.15) is 5.76 Å². The molecule has 78 valence electrons. The molecule has 4 heteroatoms. The molecule has 0 N–H and O–H groups in total. The molecule has 0 unspecified atom stereocenters. The maximum atomic E-state index is 5.31. The summed E-state index contributed by atoms with van der Waals surface area (Å²) in [5.41, 5.74) is 1.05. The van der Waals surface area contributed by atoms with Crippen molar-refractivity contribution in [3.63, 3.8) is 0 Å². The molecular weight excluding hydrogens is 198 g/mol. The van der Waals surface area contributed by atoms with Gasteiger partial charge < -0.3 is 9.26 Å². The van der Waals surface area contributed by atoms with Crippen LogP contribution in [0.25, 0.3) is 0 Å². The summed E-state index contributed by atoms with van der Waals surface area (Å²) in [5, 5.41) is 4.71. The summed E-state index contributed by atoms with van der Waals surface area (Å²) in [6.07, 6.45) is 2.34. The van der Waals surface area contributed by atoms with E-state index in [1.807, 2.05) is 24.8 Å². The van der Waals surface area contributed by atoms with Crippen LogP contribution in [0.2, 0.25) is 0 Å². The van der Waals surface area contributed by atoms with Crippen molar-refractivity contribution in [3.05, 3.63) is 17.5 Å². The molecule has 1 aliphatic rings. The number of aryl methyl sites for hydroxylation is 1. The molecule has 0 saturated carbocycles. The molecule has 2 heterocycles. The fourth-order valence-electron chi connectivity index (χ4n) is 1.53. The Kier molecular flexibility index (Phi) is 3.48. The van der Waals surface area contributed by atoms with E-state index < -0.39 is 0 Å². The Morgan fingerprint density at radius 3 is 2.93 bits per heavy atom. The summed E-state index contributed by atoms with van der Waals surface area (Å²) in [4.78, 5) is 0. The molecule has 1 aromatic heterocycles. The maximum absolute atomic E-state index is 5.31. The number of hydrogen-bond donors (Lipinski definition) is 0. The molecule has 0 radical (unpaired) electrons. The van der Waals surface area contributed by atoms with Crippen molar-refractivity contribution in [1.29, 1.82) is 0 Å². The van der Waals surface area contributed by atoms with Crippen molar-refractivity contribution in [2.24, 2.45) is 0 Å². The van der Waals surface area contributed by atoms with E-state index in [0.717, 1.165) is 35.7 Å². The van der Waals surface area contributed by atoms with Crippen LogP contribution in [0, 0.1) is 6.92 Å². The Hall–Kier alpha value is -0.480. The fourth-order valence-corrected chi connectivity index (χ4v) is 2.60. The third-order valence-electron chi connectivity index (χ3n) is 2.31. The van der Waals surface area contributed by atoms with E-state index in [1.165, 1.54) is 12.8 Å². The van der Waals surface area contributed by atoms with Crippen LogP contribution in [0.5, 0.6) is 0 Å². The molecule has 0 aliphatic carbocycles. The topological polar surface area (TPSA) is 35.3 Å². The second-order valence-electron chi connectivity index (χ2n) is 3.55. The van der Waals surface area contributed by atoms with E-state index in [0.29, 0.717) is 0 Å². The average molecular weight is 213 g/mol. The van der Waals surface area contributed by atoms with Gasteiger partial charge in [-0.25, -0.2) is 0 Å². The van der Waals surface area contributed by atoms with Gasteiger partial charge in [-0.15, -0.1) is 0 Å². The zero-order valence-electron chi connectivity index (χ0n) is 8.36. The van der Waals surface area contributed by atoms with Gasteiger partial charge >= 0.3 is 0 Å². The van der Waals surface area contributed by atoms with Gasteiger partial charge in [0.15, 0.2) is 0 Å². The summed E-state index contributed by atoms with van der Waals surface area (Å²) < 4.78 is 10.3. The molecular formula is C10H15NO2S. The molecule has 1 aromatic rings. The minimum Gasteiger partial charge on any atom is -0.381 e. The highest BCUT2D eigenvalue weighted by molar-refractivity contribution is 7.99. The number of nitrogens with zero attached hydrogens (tertiary/aromatic N) is 1. The van der Waals surface area contributed by atoms with Gasteiger partial charge in [0.05, 0.1) is 5.69 Å². The summed E-state index contributed by atoms with van der Waals surface area (Å²) >= 11 is 1.96. The van der Waals surface area contributed by atoms with Gasteiger partial charge in [0.25, 0.3) is 0 Å². The zero-order valence-corrected chi connectivity index (χ0v) is 9.18. The van der Waals surface area contributed by atoms with Crippen LogP contribution in [0.15, 0.2) is 10.6 Å². The Balaban J connectivity index is 1.76. The molecule has 0 spiro atoms. The van der Waals surface area contributed by atoms with Crippen LogP contribution in [-0.4, -0.2) is 23.6 Å². The van der Waals surface area contributed by atoms with Gasteiger partial charge in [-0.1, -0.05) is 5.16 Å². The normalized spacial score (nSPS) is 18.6. The van der Waals surface area contributed by atoms with Gasteiger partial charge in [0, 0.05) is 30.3 Å². The van der Waals surface area contributed by atoms with Crippen molar-refractivity contribution in [2.45, 2.75) is 30.8 Å². The highest BCUT2D eigenvalue weighted by Crippen LogP contribution is 2.25. The quantitative estimate of drug-likeness (QED) is 0.772. The van der Waals surface area contributed by atoms with Gasteiger partial charge in [-0.05, 0) is 19.8 Å². The number of ether oxygens (including phenoxy) is 1. The van der Waals surface area contributed by atoms with Gasteiger partial charge in [-0.2, -0.15) is 11.8 Å². The van der Waals surface area contributed by atoms with Crippen LogP contribution in [0.3, 0.4) is 0 Å². The van der Waals surface area contributed by atoms with E-state index in [9.17, 15) is 0 Å². The van der Waals surface area contributed by atoms with Crippen molar-refractivity contribution in [1.82, 2.24) is 5.16 Å². The lowest BCUT2D eigenvalue weighted by Crippen LogP contribution is -2.17. The minimum atomic E-state index is 0.737. The van der Waals surface area contributed by atoms with E-state index >= 15 is 0 Å². The zero-order chi connectivity index (χ0) is 9.80. The average Bonchev–Trinajstić information content (AvgIpc) is 2.63. The maximum Gasteiger partial charge on any atom is 0.133 e. The number of aromatic nitrogens is 1. The third kappa shape index (κ3) is 2.75. The summed E-state index contributed by atoms with van der Waals surface area (Å²) in [7, 11) is 0. The first kappa shape index (κ1) is 10.1. The second kappa shape index (κ2) is 4.84. The molecule has 1 aliphatic heterocycles. The standard InChI is InChI=1S/C10H15NO2S/c1-8-6-9(11-13-8)7-14-10-2-4-12-5-3-10/h6,10H,2-5,7H2,1H3. The first-order valence-corrected chi connectivity index (χ1v) is 6.01. The predicted molar refractivity (Wildman–Crippen MR) is 56.4 cm³/mol. The lowest BCUT2D eigenvalue weighted by Gasteiger charge is -2.20. The SMILES string of the molecule is Cc1cc(CSC2CCOCC2)no1. The van der Waals surface area contributed by atoms with Crippen molar-refractivity contribution < 1.29 is 9.26 Å². The van der Waals surface area contributed by atoms with Crippen LogP contribution < -0.4 is 0 Å². The first-order valence-electron chi connectivity index (χ1n) is 4.96. The highest BCUT2D eigenvalue weighted by Gasteiger charge is 2.14. The lowest BCUT2D eigenvalue weighted by atomic mass is 10.2. The summed E-state index contributed by atoms with van der Waals surface area (Å²) in [6, 6.07) is 2.01.